The van der Waals surface area contributed by atoms with Crippen molar-refractivity contribution in [3.63, 3.8) is 0 Å². The molecule has 0 bridgehead atoms. The van der Waals surface area contributed by atoms with Gasteiger partial charge in [-0.05, 0) is 40.5 Å². The molecule has 0 unspecified atom stereocenters. The Kier molecular flexibility index (Phi) is 5.79. The van der Waals surface area contributed by atoms with Crippen molar-refractivity contribution in [2.24, 2.45) is 0 Å². The molecule has 1 saturated carbocycles. The predicted molar refractivity (Wildman–Crippen MR) is 78.1 cm³/mol. The third-order valence-corrected chi connectivity index (χ3v) is 3.21. The zero-order valence-electron chi connectivity index (χ0n) is 13.9. The number of hydrogen-bond donors (Lipinski definition) is 1. The van der Waals surface area contributed by atoms with Gasteiger partial charge in [0, 0.05) is 13.3 Å². The van der Waals surface area contributed by atoms with Crippen LogP contribution < -0.4 is 5.32 Å². The van der Waals surface area contributed by atoms with Gasteiger partial charge >= 0.3 is 18.0 Å². The predicted octanol–water partition coefficient (Wildman–Crippen LogP) is 1.93. The number of amides is 1. The molecule has 1 N–H and O–H groups in total. The molecule has 1 aliphatic carbocycles. The molecule has 1 fully saturated rings. The number of alkyl carbamates (subject to hydrolysis) is 1. The minimum Gasteiger partial charge on any atom is -0.464 e. The van der Waals surface area contributed by atoms with Gasteiger partial charge in [-0.3, -0.25) is 4.79 Å². The summed E-state index contributed by atoms with van der Waals surface area (Å²) in [5.74, 6) is -0.947. The van der Waals surface area contributed by atoms with Crippen molar-refractivity contribution in [3.8, 4) is 0 Å². The third-order valence-electron chi connectivity index (χ3n) is 3.21. The van der Waals surface area contributed by atoms with Gasteiger partial charge in [0.25, 0.3) is 0 Å². The number of esters is 2. The number of ether oxygens (including phenoxy) is 3. The summed E-state index contributed by atoms with van der Waals surface area (Å²) in [6.45, 7) is 8.41. The molecule has 126 valence electrons. The molecule has 0 heterocycles. The molecule has 7 nitrogen and oxygen atoms in total. The zero-order valence-corrected chi connectivity index (χ0v) is 13.9. The Morgan fingerprint density at radius 2 is 1.91 bits per heavy atom. The Morgan fingerprint density at radius 3 is 2.41 bits per heavy atom. The normalized spacial score (nSPS) is 24.5. The minimum atomic E-state index is -1.21. The largest absolute Gasteiger partial charge is 0.464 e. The van der Waals surface area contributed by atoms with Crippen LogP contribution in [0.15, 0.2) is 0 Å². The van der Waals surface area contributed by atoms with Crippen molar-refractivity contribution in [1.82, 2.24) is 5.32 Å². The van der Waals surface area contributed by atoms with E-state index in [1.807, 2.05) is 0 Å². The second kappa shape index (κ2) is 6.98. The molecule has 0 aromatic rings. The first-order valence-corrected chi connectivity index (χ1v) is 7.43. The molecule has 1 amide bonds. The van der Waals surface area contributed by atoms with E-state index in [2.05, 4.69) is 5.32 Å². The van der Waals surface area contributed by atoms with Crippen molar-refractivity contribution in [2.75, 3.05) is 6.61 Å². The quantitative estimate of drug-likeness (QED) is 0.629. The number of hydrogen-bond acceptors (Lipinski definition) is 6. The van der Waals surface area contributed by atoms with Gasteiger partial charge in [0.2, 0.25) is 0 Å². The highest BCUT2D eigenvalue weighted by Crippen LogP contribution is 2.33. The molecule has 0 aliphatic heterocycles. The van der Waals surface area contributed by atoms with E-state index >= 15 is 0 Å². The van der Waals surface area contributed by atoms with Gasteiger partial charge in [-0.25, -0.2) is 9.59 Å². The molecular weight excluding hydrogens is 290 g/mol. The van der Waals surface area contributed by atoms with Crippen LogP contribution in [0.4, 0.5) is 4.79 Å². The standard InChI is InChI=1S/C15H25NO6/c1-6-20-12(18)15(16-13(19)22-14(3,4)5)8-7-11(9-15)21-10(2)17/h11H,6-9H2,1-5H3,(H,16,19)/t11-,15-/m0/s1. The Labute approximate surface area is 130 Å². The van der Waals surface area contributed by atoms with E-state index in [0.717, 1.165) is 0 Å². The van der Waals surface area contributed by atoms with Crippen LogP contribution in [-0.2, 0) is 23.8 Å². The fourth-order valence-electron chi connectivity index (χ4n) is 2.45. The topological polar surface area (TPSA) is 90.9 Å². The molecule has 0 saturated heterocycles. The van der Waals surface area contributed by atoms with Gasteiger partial charge in [-0.1, -0.05) is 0 Å². The van der Waals surface area contributed by atoms with Gasteiger partial charge in [0.15, 0.2) is 0 Å². The van der Waals surface area contributed by atoms with Crippen molar-refractivity contribution in [1.29, 1.82) is 0 Å². The lowest BCUT2D eigenvalue weighted by Gasteiger charge is -2.29. The first-order chi connectivity index (χ1) is 10.1. The zero-order chi connectivity index (χ0) is 17.0. The van der Waals surface area contributed by atoms with Gasteiger partial charge in [-0.15, -0.1) is 0 Å². The highest BCUT2D eigenvalue weighted by Gasteiger charge is 2.49. The molecule has 0 aromatic heterocycles. The molecule has 2 atom stereocenters. The molecule has 1 aliphatic rings. The van der Waals surface area contributed by atoms with Crippen LogP contribution in [-0.4, -0.2) is 41.9 Å². The van der Waals surface area contributed by atoms with Crippen LogP contribution in [0.1, 0.15) is 53.9 Å². The van der Waals surface area contributed by atoms with Crippen LogP contribution >= 0.6 is 0 Å². The van der Waals surface area contributed by atoms with E-state index < -0.39 is 35.3 Å². The van der Waals surface area contributed by atoms with Crippen LogP contribution in [0.25, 0.3) is 0 Å². The Bertz CT molecular complexity index is 442. The molecule has 0 radical (unpaired) electrons. The van der Waals surface area contributed by atoms with Crippen LogP contribution in [0.2, 0.25) is 0 Å². The number of carbonyl (C=O) groups is 3. The lowest BCUT2D eigenvalue weighted by molar-refractivity contribution is -0.153. The average Bonchev–Trinajstić information content (AvgIpc) is 2.70. The summed E-state index contributed by atoms with van der Waals surface area (Å²) in [6, 6.07) is 0. The monoisotopic (exact) mass is 315 g/mol. The Morgan fingerprint density at radius 1 is 1.27 bits per heavy atom. The van der Waals surface area contributed by atoms with Crippen LogP contribution in [0.5, 0.6) is 0 Å². The van der Waals surface area contributed by atoms with Crippen LogP contribution in [0.3, 0.4) is 0 Å². The maximum atomic E-state index is 12.3. The molecule has 0 aromatic carbocycles. The summed E-state index contributed by atoms with van der Waals surface area (Å²) in [4.78, 5) is 35.3. The highest BCUT2D eigenvalue weighted by molar-refractivity contribution is 5.86. The average molecular weight is 315 g/mol. The first kappa shape index (κ1) is 18.3. The molecule has 7 heteroatoms. The third kappa shape index (κ3) is 5.20. The van der Waals surface area contributed by atoms with Crippen LogP contribution in [0, 0.1) is 0 Å². The number of rotatable bonds is 4. The van der Waals surface area contributed by atoms with E-state index in [1.54, 1.807) is 27.7 Å². The Balaban J connectivity index is 2.83. The second-order valence-electron chi connectivity index (χ2n) is 6.40. The SMILES string of the molecule is CCOC(=O)[C@]1(NC(=O)OC(C)(C)C)CC[C@H](OC(C)=O)C1. The first-order valence-electron chi connectivity index (χ1n) is 7.43. The summed E-state index contributed by atoms with van der Waals surface area (Å²) in [5, 5.41) is 2.61. The number of carbonyl (C=O) groups excluding carboxylic acids is 3. The second-order valence-corrected chi connectivity index (χ2v) is 6.40. The maximum Gasteiger partial charge on any atom is 0.408 e. The fraction of sp³-hybridized carbons (Fsp3) is 0.800. The maximum absolute atomic E-state index is 12.3. The van der Waals surface area contributed by atoms with E-state index in [-0.39, 0.29) is 13.0 Å². The Hall–Kier alpha value is -1.79. The molecule has 0 spiro atoms. The minimum absolute atomic E-state index is 0.185. The van der Waals surface area contributed by atoms with Crippen molar-refractivity contribution in [3.05, 3.63) is 0 Å². The lowest BCUT2D eigenvalue weighted by atomic mass is 9.98. The number of nitrogens with one attached hydrogen (secondary N) is 1. The van der Waals surface area contributed by atoms with Gasteiger partial charge < -0.3 is 19.5 Å². The summed E-state index contributed by atoms with van der Waals surface area (Å²) in [6.07, 6.45) is -0.108. The van der Waals surface area contributed by atoms with E-state index in [4.69, 9.17) is 14.2 Å². The van der Waals surface area contributed by atoms with Gasteiger partial charge in [0.1, 0.15) is 17.2 Å². The van der Waals surface area contributed by atoms with E-state index in [0.29, 0.717) is 12.8 Å². The highest BCUT2D eigenvalue weighted by atomic mass is 16.6. The van der Waals surface area contributed by atoms with E-state index in [9.17, 15) is 14.4 Å². The van der Waals surface area contributed by atoms with E-state index in [1.165, 1.54) is 6.92 Å². The van der Waals surface area contributed by atoms with Crippen molar-refractivity contribution >= 4 is 18.0 Å². The van der Waals surface area contributed by atoms with Crippen molar-refractivity contribution in [2.45, 2.75) is 71.1 Å². The lowest BCUT2D eigenvalue weighted by Crippen LogP contribution is -2.55. The molecular formula is C15H25NO6. The fourth-order valence-corrected chi connectivity index (χ4v) is 2.45. The summed E-state index contributed by atoms with van der Waals surface area (Å²) < 4.78 is 15.4. The molecule has 22 heavy (non-hydrogen) atoms. The van der Waals surface area contributed by atoms with Gasteiger partial charge in [0.05, 0.1) is 6.61 Å². The van der Waals surface area contributed by atoms with Crippen molar-refractivity contribution < 1.29 is 28.6 Å². The smallest absolute Gasteiger partial charge is 0.408 e. The summed E-state index contributed by atoms with van der Waals surface area (Å²) >= 11 is 0. The summed E-state index contributed by atoms with van der Waals surface area (Å²) in [5.41, 5.74) is -1.88. The van der Waals surface area contributed by atoms with Gasteiger partial charge in [-0.2, -0.15) is 0 Å². The summed E-state index contributed by atoms with van der Waals surface area (Å²) in [7, 11) is 0. The molecule has 1 rings (SSSR count).